The van der Waals surface area contributed by atoms with Gasteiger partial charge < -0.3 is 9.47 Å². The number of carbonyl (C=O) groups excluding carboxylic acids is 3. The maximum atomic E-state index is 11.7. The molecule has 0 unspecified atom stereocenters. The van der Waals surface area contributed by atoms with Crippen molar-refractivity contribution < 1.29 is 32.3 Å². The Labute approximate surface area is 127 Å². The minimum absolute atomic E-state index is 0.0594. The minimum Gasteiger partial charge on any atom is -0.452 e. The van der Waals surface area contributed by atoms with Gasteiger partial charge in [0.1, 0.15) is 0 Å². The standard InChI is InChI=1S/C13H15NO7S/c1-3-20-13(17)14-11(15)8-21-12(16)9-4-6-10(7-5-9)22(2,18)19/h4-7H,3,8H2,1-2H3,(H,14,15,17). The van der Waals surface area contributed by atoms with Crippen LogP contribution in [0.3, 0.4) is 0 Å². The molecule has 22 heavy (non-hydrogen) atoms. The van der Waals surface area contributed by atoms with E-state index in [9.17, 15) is 22.8 Å². The Morgan fingerprint density at radius 3 is 2.18 bits per heavy atom. The van der Waals surface area contributed by atoms with Crippen LogP contribution in [0.25, 0.3) is 0 Å². The van der Waals surface area contributed by atoms with E-state index >= 15 is 0 Å². The maximum absolute atomic E-state index is 11.7. The first-order valence-electron chi connectivity index (χ1n) is 6.18. The summed E-state index contributed by atoms with van der Waals surface area (Å²) in [5, 5.41) is 1.86. The summed E-state index contributed by atoms with van der Waals surface area (Å²) < 4.78 is 31.7. The Morgan fingerprint density at radius 1 is 1.09 bits per heavy atom. The third-order valence-electron chi connectivity index (χ3n) is 2.37. The SMILES string of the molecule is CCOC(=O)NC(=O)COC(=O)c1ccc(S(C)(=O)=O)cc1. The second kappa shape index (κ2) is 7.55. The predicted octanol–water partition coefficient (Wildman–Crippen LogP) is 0.520. The van der Waals surface area contributed by atoms with E-state index in [1.54, 1.807) is 6.92 Å². The summed E-state index contributed by atoms with van der Waals surface area (Å²) in [6, 6.07) is 5.04. The number of hydrogen-bond acceptors (Lipinski definition) is 7. The molecule has 1 aromatic carbocycles. The molecular formula is C13H15NO7S. The zero-order valence-corrected chi connectivity index (χ0v) is 12.8. The van der Waals surface area contributed by atoms with Crippen molar-refractivity contribution in [1.82, 2.24) is 5.32 Å². The highest BCUT2D eigenvalue weighted by Gasteiger charge is 2.14. The normalized spacial score (nSPS) is 10.6. The smallest absolute Gasteiger partial charge is 0.413 e. The Bertz CT molecular complexity index is 664. The molecule has 0 spiro atoms. The van der Waals surface area contributed by atoms with Crippen molar-refractivity contribution in [2.45, 2.75) is 11.8 Å². The van der Waals surface area contributed by atoms with Gasteiger partial charge in [-0.15, -0.1) is 0 Å². The molecule has 0 saturated heterocycles. The third-order valence-corrected chi connectivity index (χ3v) is 3.50. The molecule has 1 aromatic rings. The van der Waals surface area contributed by atoms with E-state index < -0.39 is 34.4 Å². The van der Waals surface area contributed by atoms with Crippen LogP contribution in [0.2, 0.25) is 0 Å². The number of sulfone groups is 1. The number of imide groups is 1. The lowest BCUT2D eigenvalue weighted by Gasteiger charge is -2.06. The van der Waals surface area contributed by atoms with Gasteiger partial charge in [0.25, 0.3) is 5.91 Å². The molecule has 0 heterocycles. The van der Waals surface area contributed by atoms with Crippen LogP contribution in [0.1, 0.15) is 17.3 Å². The van der Waals surface area contributed by atoms with Gasteiger partial charge in [0.2, 0.25) is 0 Å². The van der Waals surface area contributed by atoms with Crippen LogP contribution in [0, 0.1) is 0 Å². The molecule has 0 aliphatic heterocycles. The average Bonchev–Trinajstić information content (AvgIpc) is 2.44. The summed E-state index contributed by atoms with van der Waals surface area (Å²) in [6.07, 6.45) is 0.112. The molecular weight excluding hydrogens is 314 g/mol. The maximum Gasteiger partial charge on any atom is 0.413 e. The second-order valence-corrected chi connectivity index (χ2v) is 6.16. The summed E-state index contributed by atoms with van der Waals surface area (Å²) in [5.41, 5.74) is 0.0799. The molecule has 0 saturated carbocycles. The molecule has 0 fully saturated rings. The molecule has 8 nitrogen and oxygen atoms in total. The summed E-state index contributed by atoms with van der Waals surface area (Å²) in [5.74, 6) is -1.65. The number of ether oxygens (including phenoxy) is 2. The van der Waals surface area contributed by atoms with Gasteiger partial charge in [0.15, 0.2) is 16.4 Å². The number of alkyl carbamates (subject to hydrolysis) is 1. The quantitative estimate of drug-likeness (QED) is 0.783. The number of rotatable bonds is 5. The van der Waals surface area contributed by atoms with Crippen LogP contribution in [-0.4, -0.2) is 45.9 Å². The molecule has 0 aromatic heterocycles. The van der Waals surface area contributed by atoms with Crippen LogP contribution in [0.15, 0.2) is 29.2 Å². The van der Waals surface area contributed by atoms with Crippen LogP contribution in [0.4, 0.5) is 4.79 Å². The fraction of sp³-hybridized carbons (Fsp3) is 0.308. The molecule has 0 atom stereocenters. The summed E-state index contributed by atoms with van der Waals surface area (Å²) in [4.78, 5) is 33.9. The van der Waals surface area contributed by atoms with Gasteiger partial charge in [0.05, 0.1) is 17.1 Å². The van der Waals surface area contributed by atoms with Crippen LogP contribution in [-0.2, 0) is 24.1 Å². The number of hydrogen-bond donors (Lipinski definition) is 1. The van der Waals surface area contributed by atoms with Gasteiger partial charge in [-0.2, -0.15) is 0 Å². The number of benzene rings is 1. The molecule has 0 aliphatic rings. The number of carbonyl (C=O) groups is 3. The van der Waals surface area contributed by atoms with Crippen LogP contribution >= 0.6 is 0 Å². The predicted molar refractivity (Wildman–Crippen MR) is 75.0 cm³/mol. The van der Waals surface area contributed by atoms with E-state index in [1.807, 2.05) is 5.32 Å². The van der Waals surface area contributed by atoms with Gasteiger partial charge in [-0.1, -0.05) is 0 Å². The number of esters is 1. The van der Waals surface area contributed by atoms with Crippen molar-refractivity contribution in [3.8, 4) is 0 Å². The zero-order chi connectivity index (χ0) is 16.8. The highest BCUT2D eigenvalue weighted by Crippen LogP contribution is 2.11. The molecule has 120 valence electrons. The Hall–Kier alpha value is -2.42. The lowest BCUT2D eigenvalue weighted by atomic mass is 10.2. The first-order valence-corrected chi connectivity index (χ1v) is 8.07. The topological polar surface area (TPSA) is 116 Å². The van der Waals surface area contributed by atoms with Gasteiger partial charge >= 0.3 is 12.1 Å². The minimum atomic E-state index is -3.36. The van der Waals surface area contributed by atoms with E-state index in [-0.39, 0.29) is 17.1 Å². The summed E-state index contributed by atoms with van der Waals surface area (Å²) in [6.45, 7) is 1.02. The average molecular weight is 329 g/mol. The van der Waals surface area contributed by atoms with E-state index in [0.29, 0.717) is 0 Å². The van der Waals surface area contributed by atoms with E-state index in [0.717, 1.165) is 6.26 Å². The van der Waals surface area contributed by atoms with Crippen molar-refractivity contribution in [2.24, 2.45) is 0 Å². The number of amides is 2. The van der Waals surface area contributed by atoms with Crippen molar-refractivity contribution in [3.05, 3.63) is 29.8 Å². The van der Waals surface area contributed by atoms with Crippen molar-refractivity contribution in [2.75, 3.05) is 19.5 Å². The molecule has 1 N–H and O–H groups in total. The second-order valence-electron chi connectivity index (χ2n) is 4.14. The van der Waals surface area contributed by atoms with E-state index in [2.05, 4.69) is 9.47 Å². The number of nitrogens with one attached hydrogen (secondary N) is 1. The van der Waals surface area contributed by atoms with Gasteiger partial charge in [-0.3, -0.25) is 10.1 Å². The van der Waals surface area contributed by atoms with Gasteiger partial charge in [-0.25, -0.2) is 18.0 Å². The summed E-state index contributed by atoms with van der Waals surface area (Å²) >= 11 is 0. The molecule has 1 rings (SSSR count). The largest absolute Gasteiger partial charge is 0.452 e. The highest BCUT2D eigenvalue weighted by molar-refractivity contribution is 7.90. The first-order chi connectivity index (χ1) is 10.2. The van der Waals surface area contributed by atoms with Crippen molar-refractivity contribution >= 4 is 27.8 Å². The lowest BCUT2D eigenvalue weighted by Crippen LogP contribution is -2.34. The van der Waals surface area contributed by atoms with Crippen molar-refractivity contribution in [1.29, 1.82) is 0 Å². The molecule has 0 aliphatic carbocycles. The lowest BCUT2D eigenvalue weighted by molar-refractivity contribution is -0.123. The monoisotopic (exact) mass is 329 g/mol. The highest BCUT2D eigenvalue weighted by atomic mass is 32.2. The Balaban J connectivity index is 2.56. The van der Waals surface area contributed by atoms with Crippen LogP contribution < -0.4 is 5.32 Å². The van der Waals surface area contributed by atoms with Gasteiger partial charge in [0, 0.05) is 6.26 Å². The fourth-order valence-electron chi connectivity index (χ4n) is 1.37. The first kappa shape index (κ1) is 17.6. The zero-order valence-electron chi connectivity index (χ0n) is 12.0. The van der Waals surface area contributed by atoms with Gasteiger partial charge in [-0.05, 0) is 31.2 Å². The Kier molecular flexibility index (Phi) is 6.05. The molecule has 2 amide bonds. The van der Waals surface area contributed by atoms with Crippen molar-refractivity contribution in [3.63, 3.8) is 0 Å². The van der Waals surface area contributed by atoms with E-state index in [4.69, 9.17) is 0 Å². The third kappa shape index (κ3) is 5.52. The molecule has 0 radical (unpaired) electrons. The van der Waals surface area contributed by atoms with Crippen LogP contribution in [0.5, 0.6) is 0 Å². The van der Waals surface area contributed by atoms with E-state index in [1.165, 1.54) is 24.3 Å². The fourth-order valence-corrected chi connectivity index (χ4v) is 2.00. The summed E-state index contributed by atoms with van der Waals surface area (Å²) in [7, 11) is -3.36. The Morgan fingerprint density at radius 2 is 1.68 bits per heavy atom. The molecule has 9 heteroatoms. The molecule has 0 bridgehead atoms.